The molecule has 0 fully saturated rings. The second-order valence-corrected chi connectivity index (χ2v) is 8.68. The number of nitrogens with zero attached hydrogens (tertiary/aromatic N) is 1. The Labute approximate surface area is 155 Å². The van der Waals surface area contributed by atoms with E-state index in [1.807, 2.05) is 13.0 Å². The summed E-state index contributed by atoms with van der Waals surface area (Å²) in [5.41, 5.74) is -0.495. The summed E-state index contributed by atoms with van der Waals surface area (Å²) >= 11 is 3.46. The number of halogens is 1. The van der Waals surface area contributed by atoms with Crippen LogP contribution < -0.4 is 14.4 Å². The van der Waals surface area contributed by atoms with Crippen molar-refractivity contribution in [1.82, 2.24) is 0 Å². The van der Waals surface area contributed by atoms with E-state index in [0.717, 1.165) is 0 Å². The standard InChI is InChI=1S/C18H22BrNO5/c1-9-10-7-11(19)13-14(24-8-23-13)12(10)20(18(5,6)15(9)21)16(22)25-17(2,3)4/h7,9H,8H2,1-6H3. The van der Waals surface area contributed by atoms with Gasteiger partial charge in [0.2, 0.25) is 6.79 Å². The van der Waals surface area contributed by atoms with E-state index in [1.54, 1.807) is 34.6 Å². The number of ketones is 1. The number of ether oxygens (including phenoxy) is 3. The molecule has 2 aliphatic rings. The molecule has 136 valence electrons. The number of anilines is 1. The summed E-state index contributed by atoms with van der Waals surface area (Å²) in [7, 11) is 0. The van der Waals surface area contributed by atoms with Crippen molar-refractivity contribution < 1.29 is 23.8 Å². The van der Waals surface area contributed by atoms with E-state index in [1.165, 1.54) is 4.90 Å². The summed E-state index contributed by atoms with van der Waals surface area (Å²) in [6.45, 7) is 10.7. The summed E-state index contributed by atoms with van der Waals surface area (Å²) in [4.78, 5) is 27.3. The fraction of sp³-hybridized carbons (Fsp3) is 0.556. The van der Waals surface area contributed by atoms with Crippen molar-refractivity contribution in [1.29, 1.82) is 0 Å². The SMILES string of the molecule is CC1C(=O)C(C)(C)N(C(=O)OC(C)(C)C)c2c1cc(Br)c1c2OCO1. The Balaban J connectivity index is 2.24. The number of amides is 1. The molecule has 7 heteroatoms. The third-order valence-corrected chi connectivity index (χ3v) is 5.01. The summed E-state index contributed by atoms with van der Waals surface area (Å²) < 4.78 is 17.4. The predicted molar refractivity (Wildman–Crippen MR) is 96.5 cm³/mol. The molecule has 1 atom stereocenters. The molecule has 1 amide bonds. The minimum Gasteiger partial charge on any atom is -0.452 e. The summed E-state index contributed by atoms with van der Waals surface area (Å²) in [6, 6.07) is 1.82. The molecule has 2 heterocycles. The van der Waals surface area contributed by atoms with E-state index in [-0.39, 0.29) is 18.5 Å². The zero-order valence-corrected chi connectivity index (χ0v) is 16.8. The van der Waals surface area contributed by atoms with Crippen LogP contribution in [0.2, 0.25) is 0 Å². The smallest absolute Gasteiger partial charge is 0.415 e. The third kappa shape index (κ3) is 2.78. The van der Waals surface area contributed by atoms with E-state index < -0.39 is 17.2 Å². The van der Waals surface area contributed by atoms with Crippen LogP contribution in [0.3, 0.4) is 0 Å². The van der Waals surface area contributed by atoms with Crippen LogP contribution in [0.25, 0.3) is 0 Å². The van der Waals surface area contributed by atoms with E-state index in [0.29, 0.717) is 27.2 Å². The van der Waals surface area contributed by atoms with Crippen molar-refractivity contribution in [2.45, 2.75) is 58.6 Å². The Kier molecular flexibility index (Phi) is 4.06. The number of fused-ring (bicyclic) bond motifs is 3. The molecule has 25 heavy (non-hydrogen) atoms. The Morgan fingerprint density at radius 3 is 2.52 bits per heavy atom. The highest BCUT2D eigenvalue weighted by atomic mass is 79.9. The van der Waals surface area contributed by atoms with Gasteiger partial charge in [-0.25, -0.2) is 4.79 Å². The molecule has 0 saturated carbocycles. The van der Waals surface area contributed by atoms with Gasteiger partial charge in [0, 0.05) is 5.92 Å². The highest BCUT2D eigenvalue weighted by molar-refractivity contribution is 9.10. The first-order chi connectivity index (χ1) is 11.4. The van der Waals surface area contributed by atoms with Gasteiger partial charge in [0.1, 0.15) is 11.1 Å². The van der Waals surface area contributed by atoms with Gasteiger partial charge in [-0.15, -0.1) is 0 Å². The summed E-state index contributed by atoms with van der Waals surface area (Å²) in [5, 5.41) is 0. The Hall–Kier alpha value is -1.76. The molecule has 0 saturated heterocycles. The predicted octanol–water partition coefficient (Wildman–Crippen LogP) is 4.38. The van der Waals surface area contributed by atoms with Gasteiger partial charge in [-0.1, -0.05) is 6.92 Å². The first kappa shape index (κ1) is 18.0. The van der Waals surface area contributed by atoms with Crippen molar-refractivity contribution >= 4 is 33.5 Å². The number of carbonyl (C=O) groups excluding carboxylic acids is 2. The van der Waals surface area contributed by atoms with Crippen molar-refractivity contribution in [3.63, 3.8) is 0 Å². The minimum absolute atomic E-state index is 0.0587. The highest BCUT2D eigenvalue weighted by Crippen LogP contribution is 2.54. The average molecular weight is 412 g/mol. The van der Waals surface area contributed by atoms with Gasteiger partial charge in [-0.2, -0.15) is 0 Å². The van der Waals surface area contributed by atoms with Crippen LogP contribution in [-0.2, 0) is 9.53 Å². The molecule has 0 bridgehead atoms. The van der Waals surface area contributed by atoms with Crippen LogP contribution in [0, 0.1) is 0 Å². The first-order valence-corrected chi connectivity index (χ1v) is 8.94. The van der Waals surface area contributed by atoms with Crippen LogP contribution in [-0.4, -0.2) is 29.8 Å². The van der Waals surface area contributed by atoms with E-state index >= 15 is 0 Å². The Morgan fingerprint density at radius 1 is 1.32 bits per heavy atom. The molecule has 6 nitrogen and oxygen atoms in total. The lowest BCUT2D eigenvalue weighted by molar-refractivity contribution is -0.124. The molecule has 1 aromatic carbocycles. The van der Waals surface area contributed by atoms with E-state index in [2.05, 4.69) is 15.9 Å². The maximum absolute atomic E-state index is 13.0. The Morgan fingerprint density at radius 2 is 1.92 bits per heavy atom. The fourth-order valence-electron chi connectivity index (χ4n) is 3.28. The quantitative estimate of drug-likeness (QED) is 0.633. The van der Waals surface area contributed by atoms with Crippen LogP contribution in [0.5, 0.6) is 11.5 Å². The second-order valence-electron chi connectivity index (χ2n) is 7.82. The number of carbonyl (C=O) groups is 2. The van der Waals surface area contributed by atoms with E-state index in [4.69, 9.17) is 14.2 Å². The minimum atomic E-state index is -1.07. The van der Waals surface area contributed by atoms with Crippen molar-refractivity contribution in [2.24, 2.45) is 0 Å². The van der Waals surface area contributed by atoms with Crippen molar-refractivity contribution in [3.05, 3.63) is 16.1 Å². The highest BCUT2D eigenvalue weighted by Gasteiger charge is 2.51. The van der Waals surface area contributed by atoms with Gasteiger partial charge in [0.25, 0.3) is 0 Å². The van der Waals surface area contributed by atoms with Gasteiger partial charge in [0.05, 0.1) is 10.2 Å². The molecule has 2 aliphatic heterocycles. The molecular weight excluding hydrogens is 390 g/mol. The van der Waals surface area contributed by atoms with Crippen molar-refractivity contribution in [2.75, 3.05) is 11.7 Å². The molecule has 0 N–H and O–H groups in total. The van der Waals surface area contributed by atoms with Crippen molar-refractivity contribution in [3.8, 4) is 11.5 Å². The van der Waals surface area contributed by atoms with Gasteiger partial charge >= 0.3 is 6.09 Å². The molecule has 0 radical (unpaired) electrons. The molecule has 1 aromatic rings. The van der Waals surface area contributed by atoms with Gasteiger partial charge in [-0.3, -0.25) is 9.69 Å². The topological polar surface area (TPSA) is 65.1 Å². The normalized spacial score (nSPS) is 21.2. The number of benzene rings is 1. The molecule has 3 rings (SSSR count). The lowest BCUT2D eigenvalue weighted by Crippen LogP contribution is -2.58. The van der Waals surface area contributed by atoms with Crippen LogP contribution in [0.4, 0.5) is 10.5 Å². The molecular formula is C18H22BrNO5. The zero-order chi connectivity index (χ0) is 18.7. The largest absolute Gasteiger partial charge is 0.452 e. The average Bonchev–Trinajstić information content (AvgIpc) is 2.95. The summed E-state index contributed by atoms with van der Waals surface area (Å²) in [6.07, 6.45) is -0.584. The number of hydrogen-bond acceptors (Lipinski definition) is 5. The maximum atomic E-state index is 13.0. The van der Waals surface area contributed by atoms with Crippen LogP contribution in [0.1, 0.15) is 53.0 Å². The number of hydrogen-bond donors (Lipinski definition) is 0. The van der Waals surface area contributed by atoms with Gasteiger partial charge in [0.15, 0.2) is 17.3 Å². The maximum Gasteiger partial charge on any atom is 0.415 e. The second kappa shape index (κ2) is 5.62. The van der Waals surface area contributed by atoms with Gasteiger partial charge in [-0.05, 0) is 62.2 Å². The molecule has 1 unspecified atom stereocenters. The lowest BCUT2D eigenvalue weighted by atomic mass is 9.78. The van der Waals surface area contributed by atoms with Crippen LogP contribution >= 0.6 is 15.9 Å². The van der Waals surface area contributed by atoms with Gasteiger partial charge < -0.3 is 14.2 Å². The van der Waals surface area contributed by atoms with E-state index in [9.17, 15) is 9.59 Å². The molecule has 0 aliphatic carbocycles. The number of rotatable bonds is 0. The third-order valence-electron chi connectivity index (χ3n) is 4.42. The molecule has 0 spiro atoms. The lowest BCUT2D eigenvalue weighted by Gasteiger charge is -2.44. The fourth-order valence-corrected chi connectivity index (χ4v) is 3.82. The number of Topliss-reactive ketones (excluding diaryl/α,β-unsaturated/α-hetero) is 1. The molecule has 0 aromatic heterocycles. The monoisotopic (exact) mass is 411 g/mol. The first-order valence-electron chi connectivity index (χ1n) is 8.14. The summed E-state index contributed by atoms with van der Waals surface area (Å²) in [5.74, 6) is 0.554. The zero-order valence-electron chi connectivity index (χ0n) is 15.2. The van der Waals surface area contributed by atoms with Crippen LogP contribution in [0.15, 0.2) is 10.5 Å². The Bertz CT molecular complexity index is 766.